The van der Waals surface area contributed by atoms with Crippen molar-refractivity contribution in [3.63, 3.8) is 0 Å². The molecule has 0 N–H and O–H groups in total. The smallest absolute Gasteiger partial charge is 0.127 e. The maximum Gasteiger partial charge on any atom is 0.127 e. The van der Waals surface area contributed by atoms with Crippen LogP contribution in [0.25, 0.3) is 120 Å². The molecular formula is C137H150N2O8S2. The number of hydrogen-bond acceptors (Lipinski definition) is 12. The molecule has 0 aliphatic heterocycles. The molecule has 0 saturated carbocycles. The van der Waals surface area contributed by atoms with Gasteiger partial charge in [-0.05, 0) is 317 Å². The second-order valence-corrected chi connectivity index (χ2v) is 43.1. The normalized spacial score (nSPS) is 11.9. The summed E-state index contributed by atoms with van der Waals surface area (Å²) in [5, 5.41) is 27.8. The number of benzene rings is 14. The largest absolute Gasteiger partial charge is 0.494 e. The molecule has 0 unspecified atom stereocenters. The first-order chi connectivity index (χ1) is 73.7. The van der Waals surface area contributed by atoms with Crippen LogP contribution < -0.4 is 37.9 Å². The van der Waals surface area contributed by atoms with Crippen molar-refractivity contribution in [2.24, 2.45) is 0 Å². The van der Waals surface area contributed by atoms with E-state index in [2.05, 4.69) is 257 Å². The van der Waals surface area contributed by atoms with Gasteiger partial charge in [-0.3, -0.25) is 0 Å². The van der Waals surface area contributed by atoms with E-state index in [9.17, 15) is 0 Å². The highest BCUT2D eigenvalue weighted by Gasteiger charge is 2.27. The summed E-state index contributed by atoms with van der Waals surface area (Å²) in [7, 11) is 0. The molecule has 0 atom stereocenters. The Labute approximate surface area is 894 Å². The van der Waals surface area contributed by atoms with Gasteiger partial charge in [0.15, 0.2) is 0 Å². The SMILES string of the molecule is Cc1sc(-c2ccc(OCCCCCCCCCCCOc3ccc4ccccc4c3-c3c(OCCCCCCCCCCCOc4ccc(-c5ccc(C#N)cc5)cc4)ccc4ccccc34)cc2)cc1C1=C(c2cc(-c3ccc(OCCCCCCCCCCCOc4ccc5ccccc5c4-c4c(OCCCCCCCCCCCOc5ccc(-c6ccc(C#N)cc6)cc5)ccc5ccccc45)cc3)sc2C)CCC1. The molecule has 0 bridgehead atoms. The first-order valence-corrected chi connectivity index (χ1v) is 57.8. The molecule has 149 heavy (non-hydrogen) atoms. The van der Waals surface area contributed by atoms with Crippen LogP contribution in [0.3, 0.4) is 0 Å². The van der Waals surface area contributed by atoms with Gasteiger partial charge in [0, 0.05) is 41.8 Å². The maximum absolute atomic E-state index is 9.13. The van der Waals surface area contributed by atoms with E-state index in [0.717, 1.165) is 207 Å². The van der Waals surface area contributed by atoms with Crippen molar-refractivity contribution in [2.75, 3.05) is 52.9 Å². The van der Waals surface area contributed by atoms with E-state index in [-0.39, 0.29) is 0 Å². The maximum atomic E-state index is 9.13. The van der Waals surface area contributed by atoms with Crippen molar-refractivity contribution in [3.05, 3.63) is 335 Å². The summed E-state index contributed by atoms with van der Waals surface area (Å²) in [5.74, 6) is 7.42. The van der Waals surface area contributed by atoms with Crippen LogP contribution in [0.5, 0.6) is 46.0 Å². The molecule has 1 aliphatic carbocycles. The molecule has 0 amide bonds. The average Bonchev–Trinajstić information content (AvgIpc) is 1.52. The van der Waals surface area contributed by atoms with Crippen molar-refractivity contribution in [1.82, 2.24) is 0 Å². The van der Waals surface area contributed by atoms with E-state index in [1.807, 2.05) is 95.5 Å². The summed E-state index contributed by atoms with van der Waals surface area (Å²) in [6.07, 6.45) is 46.3. The minimum atomic E-state index is 0.674. The summed E-state index contributed by atoms with van der Waals surface area (Å²) in [4.78, 5) is 5.43. The van der Waals surface area contributed by atoms with Crippen LogP contribution in [0.1, 0.15) is 282 Å². The van der Waals surface area contributed by atoms with E-state index in [1.54, 1.807) is 0 Å². The van der Waals surface area contributed by atoms with Crippen LogP contribution in [0.15, 0.2) is 303 Å². The number of fused-ring (bicyclic) bond motifs is 4. The van der Waals surface area contributed by atoms with Crippen molar-refractivity contribution in [2.45, 2.75) is 264 Å². The Hall–Kier alpha value is -13.4. The Morgan fingerprint density at radius 2 is 0.416 bits per heavy atom. The van der Waals surface area contributed by atoms with Gasteiger partial charge < -0.3 is 37.9 Å². The third-order valence-corrected chi connectivity index (χ3v) is 31.9. The van der Waals surface area contributed by atoms with Gasteiger partial charge >= 0.3 is 0 Å². The number of thiophene rings is 2. The second kappa shape index (κ2) is 58.0. The highest BCUT2D eigenvalue weighted by atomic mass is 32.1. The van der Waals surface area contributed by atoms with Crippen molar-refractivity contribution >= 4 is 76.9 Å². The lowest BCUT2D eigenvalue weighted by Crippen LogP contribution is -2.02. The third-order valence-electron chi connectivity index (χ3n) is 29.7. The standard InChI is InChI=1S/C137H150N2O8S2/c1-102-126(98-132(148-102)114-70-82-118(83-71-114)142-92-41-25-17-9-5-13-21-29-45-96-146-130-88-76-112-50-33-37-54-122(112)136(130)134-120-52-35-31-48-110(120)74-86-128(134)144-94-43-27-19-11-3-7-15-23-39-90-140-116-78-66-108(67-79-116)106-62-58-104(100-138)59-63-106)124-56-47-57-125(124)127-99-133(149-103(127)2)115-72-84-119(85-73-115)143-93-42-26-18-10-6-14-22-30-46-97-147-131-89-77-113-51-34-38-55-123(113)137(131)135-121-53-36-32-49-111(121)75-87-129(135)145-95-44-28-20-12-4-8-16-24-40-91-141-117-80-68-109(69-81-117)107-64-60-105(101-139)61-65-107/h31-38,48-55,58-89,98-99H,3-30,39-47,56-57,90-97H2,1-2H3. The van der Waals surface area contributed by atoms with Gasteiger partial charge in [0.05, 0.1) is 76.1 Å². The van der Waals surface area contributed by atoms with Gasteiger partial charge in [-0.15, -0.1) is 22.7 Å². The van der Waals surface area contributed by atoms with Crippen LogP contribution >= 0.6 is 22.7 Å². The summed E-state index contributed by atoms with van der Waals surface area (Å²) < 4.78 is 52.0. The van der Waals surface area contributed by atoms with Gasteiger partial charge in [0.1, 0.15) is 46.0 Å². The molecule has 1 aliphatic rings. The Morgan fingerprint density at radius 3 is 0.644 bits per heavy atom. The lowest BCUT2D eigenvalue weighted by molar-refractivity contribution is 0.300. The number of allylic oxidation sites excluding steroid dienone is 2. The quantitative estimate of drug-likeness (QED) is 0.0341. The van der Waals surface area contributed by atoms with Gasteiger partial charge in [0.2, 0.25) is 0 Å². The molecule has 0 spiro atoms. The fourth-order valence-electron chi connectivity index (χ4n) is 21.4. The Balaban J connectivity index is 0.375. The highest BCUT2D eigenvalue weighted by molar-refractivity contribution is 7.16. The lowest BCUT2D eigenvalue weighted by atomic mass is 9.92. The van der Waals surface area contributed by atoms with Gasteiger partial charge in [-0.2, -0.15) is 10.5 Å². The number of nitriles is 2. The van der Waals surface area contributed by atoms with Crippen LogP contribution in [0, 0.1) is 36.5 Å². The summed E-state index contributed by atoms with van der Waals surface area (Å²) in [6.45, 7) is 10.3. The molecule has 12 heteroatoms. The minimum Gasteiger partial charge on any atom is -0.494 e. The highest BCUT2D eigenvalue weighted by Crippen LogP contribution is 2.51. The Bertz CT molecular complexity index is 6570. The predicted octanol–water partition coefficient (Wildman–Crippen LogP) is 39.8. The first-order valence-electron chi connectivity index (χ1n) is 56.2. The van der Waals surface area contributed by atoms with Crippen LogP contribution in [-0.2, 0) is 0 Å². The topological polar surface area (TPSA) is 121 Å². The summed E-state index contributed by atoms with van der Waals surface area (Å²) in [5.41, 5.74) is 18.7. The van der Waals surface area contributed by atoms with Crippen LogP contribution in [0.4, 0.5) is 0 Å². The molecular weight excluding hydrogens is 1870 g/mol. The minimum absolute atomic E-state index is 0.674. The molecule has 16 aromatic rings. The van der Waals surface area contributed by atoms with Crippen molar-refractivity contribution in [3.8, 4) is 124 Å². The second-order valence-electron chi connectivity index (χ2n) is 40.6. The average molecular weight is 2020 g/mol. The molecule has 0 fully saturated rings. The molecule has 0 saturated heterocycles. The number of nitrogens with zero attached hydrogens (tertiary/aromatic N) is 2. The van der Waals surface area contributed by atoms with Crippen LogP contribution in [-0.4, -0.2) is 52.9 Å². The zero-order valence-corrected chi connectivity index (χ0v) is 89.7. The fraction of sp³-hybridized carbons (Fsp3) is 0.358. The Morgan fingerprint density at radius 1 is 0.215 bits per heavy atom. The van der Waals surface area contributed by atoms with E-state index >= 15 is 0 Å². The van der Waals surface area contributed by atoms with E-state index in [0.29, 0.717) is 37.6 Å². The monoisotopic (exact) mass is 2020 g/mol. The molecule has 14 aromatic carbocycles. The van der Waals surface area contributed by atoms with Gasteiger partial charge in [-0.25, -0.2) is 0 Å². The number of unbranched alkanes of at least 4 members (excludes halogenated alkanes) is 32. The van der Waals surface area contributed by atoms with E-state index in [1.165, 1.54) is 257 Å². The van der Waals surface area contributed by atoms with Crippen molar-refractivity contribution in [1.29, 1.82) is 10.5 Å². The molecule has 2 aromatic heterocycles. The first kappa shape index (κ1) is 107. The summed E-state index contributed by atoms with van der Waals surface area (Å²) in [6, 6.07) is 111. The van der Waals surface area contributed by atoms with Gasteiger partial charge in [0.25, 0.3) is 0 Å². The number of hydrogen-bond donors (Lipinski definition) is 0. The van der Waals surface area contributed by atoms with E-state index in [4.69, 9.17) is 48.4 Å². The molecule has 10 nitrogen and oxygen atoms in total. The number of rotatable bonds is 64. The predicted molar refractivity (Wildman–Crippen MR) is 627 cm³/mol. The molecule has 0 radical (unpaired) electrons. The number of ether oxygens (including phenoxy) is 8. The molecule has 2 heterocycles. The molecule has 17 rings (SSSR count). The van der Waals surface area contributed by atoms with E-state index < -0.39 is 0 Å². The van der Waals surface area contributed by atoms with Crippen LogP contribution in [0.2, 0.25) is 0 Å². The van der Waals surface area contributed by atoms with Crippen molar-refractivity contribution < 1.29 is 37.9 Å². The third kappa shape index (κ3) is 31.0. The fourth-order valence-corrected chi connectivity index (χ4v) is 23.5. The molecule has 768 valence electrons. The summed E-state index contributed by atoms with van der Waals surface area (Å²) >= 11 is 3.84. The Kier molecular flexibility index (Phi) is 41.6. The van der Waals surface area contributed by atoms with Gasteiger partial charge in [-0.1, -0.05) is 350 Å². The zero-order valence-electron chi connectivity index (χ0n) is 88.1. The zero-order chi connectivity index (χ0) is 102. The lowest BCUT2D eigenvalue weighted by Gasteiger charge is -2.20. The number of aryl methyl sites for hydroxylation is 2.